The second-order valence-corrected chi connectivity index (χ2v) is 9.43. The van der Waals surface area contributed by atoms with Crippen molar-refractivity contribution in [3.63, 3.8) is 0 Å². The van der Waals surface area contributed by atoms with Gasteiger partial charge in [0.05, 0.1) is 24.4 Å². The second kappa shape index (κ2) is 12.2. The van der Waals surface area contributed by atoms with Crippen molar-refractivity contribution in [2.75, 3.05) is 69.9 Å². The molecule has 1 fully saturated rings. The maximum absolute atomic E-state index is 11.6. The van der Waals surface area contributed by atoms with E-state index in [1.807, 2.05) is 18.2 Å². The number of unbranched alkanes of at least 4 members (excludes halogenated alkanes) is 1. The summed E-state index contributed by atoms with van der Waals surface area (Å²) in [5.41, 5.74) is 3.22. The van der Waals surface area contributed by atoms with Crippen molar-refractivity contribution >= 4 is 28.3 Å². The van der Waals surface area contributed by atoms with Gasteiger partial charge in [0.1, 0.15) is 12.4 Å². The normalized spacial score (nSPS) is 15.9. The first kappa shape index (κ1) is 25.2. The predicted octanol–water partition coefficient (Wildman–Crippen LogP) is 3.52. The average molecular weight is 506 g/mol. The molecular weight excluding hydrogens is 470 g/mol. The molecule has 0 radical (unpaired) electrons. The van der Waals surface area contributed by atoms with E-state index in [0.717, 1.165) is 74.1 Å². The number of nitrogens with zero attached hydrogens (tertiary/aromatic N) is 4. The highest BCUT2D eigenvalue weighted by molar-refractivity contribution is 5.93. The summed E-state index contributed by atoms with van der Waals surface area (Å²) in [5, 5.41) is 3.95. The fraction of sp³-hybridized carbons (Fsp3) is 0.464. The van der Waals surface area contributed by atoms with Crippen molar-refractivity contribution in [1.82, 2.24) is 14.9 Å². The highest BCUT2D eigenvalue weighted by Crippen LogP contribution is 2.28. The van der Waals surface area contributed by atoms with Crippen LogP contribution >= 0.6 is 0 Å². The van der Waals surface area contributed by atoms with E-state index in [-0.39, 0.29) is 5.91 Å². The smallest absolute Gasteiger partial charge is 0.225 e. The molecule has 2 aliphatic heterocycles. The summed E-state index contributed by atoms with van der Waals surface area (Å²) in [6.07, 6.45) is 3.29. The minimum Gasteiger partial charge on any atom is -0.478 e. The van der Waals surface area contributed by atoms with Crippen molar-refractivity contribution < 1.29 is 19.0 Å². The van der Waals surface area contributed by atoms with Crippen LogP contribution in [-0.4, -0.2) is 80.4 Å². The Kier molecular flexibility index (Phi) is 8.32. The van der Waals surface area contributed by atoms with Crippen LogP contribution < -0.4 is 19.7 Å². The lowest BCUT2D eigenvalue weighted by Gasteiger charge is -2.36. The van der Waals surface area contributed by atoms with Gasteiger partial charge in [0.25, 0.3) is 0 Å². The fourth-order valence-corrected chi connectivity index (χ4v) is 4.81. The van der Waals surface area contributed by atoms with Crippen molar-refractivity contribution in [3.05, 3.63) is 48.0 Å². The Morgan fingerprint density at radius 2 is 1.68 bits per heavy atom. The number of rotatable bonds is 11. The molecule has 1 aromatic carbocycles. The molecule has 3 aromatic rings. The number of anilines is 2. The molecule has 1 saturated heterocycles. The predicted molar refractivity (Wildman–Crippen MR) is 144 cm³/mol. The van der Waals surface area contributed by atoms with Crippen LogP contribution in [0.3, 0.4) is 0 Å². The zero-order valence-corrected chi connectivity index (χ0v) is 21.4. The molecule has 2 aliphatic rings. The largest absolute Gasteiger partial charge is 0.478 e. The van der Waals surface area contributed by atoms with E-state index in [9.17, 15) is 4.79 Å². The number of ether oxygens (including phenoxy) is 3. The van der Waals surface area contributed by atoms with E-state index in [2.05, 4.69) is 44.4 Å². The van der Waals surface area contributed by atoms with Crippen LogP contribution in [0, 0.1) is 0 Å². The molecule has 0 spiro atoms. The standard InChI is InChI=1S/C28H35N5O4/c1-35-19-20-37-25-11-8-21-5-4-6-23(27(21)30-25)33-16-14-32(15-17-33)13-2-3-18-36-26-12-9-22-7-10-24(34)29-28(22)31-26/h4-6,8-9,11-12H,2-3,7,10,13-20H2,1H3,(H,29,31,34). The zero-order valence-electron chi connectivity index (χ0n) is 21.4. The molecule has 1 amide bonds. The van der Waals surface area contributed by atoms with Crippen LogP contribution in [-0.2, 0) is 16.0 Å². The van der Waals surface area contributed by atoms with Crippen molar-refractivity contribution in [1.29, 1.82) is 0 Å². The molecule has 9 heteroatoms. The summed E-state index contributed by atoms with van der Waals surface area (Å²) in [4.78, 5) is 25.8. The van der Waals surface area contributed by atoms with Crippen molar-refractivity contribution in [2.45, 2.75) is 25.7 Å². The number of para-hydroxylation sites is 1. The number of carbonyl (C=O) groups excluding carboxylic acids is 1. The minimum atomic E-state index is 0.0191. The van der Waals surface area contributed by atoms with Crippen LogP contribution in [0.25, 0.3) is 10.9 Å². The summed E-state index contributed by atoms with van der Waals surface area (Å²) < 4.78 is 16.7. The molecule has 0 atom stereocenters. The van der Waals surface area contributed by atoms with E-state index in [0.29, 0.717) is 43.8 Å². The first-order valence-corrected chi connectivity index (χ1v) is 13.1. The van der Waals surface area contributed by atoms with Crippen LogP contribution in [0.1, 0.15) is 24.8 Å². The molecule has 1 N–H and O–H groups in total. The average Bonchev–Trinajstić information content (AvgIpc) is 2.93. The number of benzene rings is 1. The lowest BCUT2D eigenvalue weighted by atomic mass is 10.1. The van der Waals surface area contributed by atoms with Crippen LogP contribution in [0.2, 0.25) is 0 Å². The SMILES string of the molecule is COCCOc1ccc2cccc(N3CCN(CCCCOc4ccc5c(n4)NC(=O)CC5)CC3)c2n1. The summed E-state index contributed by atoms with van der Waals surface area (Å²) in [6, 6.07) is 14.2. The number of piperazine rings is 1. The van der Waals surface area contributed by atoms with Crippen LogP contribution in [0.15, 0.2) is 42.5 Å². The molecule has 0 saturated carbocycles. The number of methoxy groups -OCH3 is 1. The molecule has 9 nitrogen and oxygen atoms in total. The summed E-state index contributed by atoms with van der Waals surface area (Å²) in [5.74, 6) is 1.87. The number of aromatic nitrogens is 2. The molecule has 0 bridgehead atoms. The second-order valence-electron chi connectivity index (χ2n) is 9.43. The molecule has 4 heterocycles. The van der Waals surface area contributed by atoms with Gasteiger partial charge in [0.2, 0.25) is 17.7 Å². The third-order valence-corrected chi connectivity index (χ3v) is 6.87. The Bertz CT molecular complexity index is 1210. The Hall–Kier alpha value is -3.43. The number of carbonyl (C=O) groups is 1. The molecule has 196 valence electrons. The molecule has 5 rings (SSSR count). The summed E-state index contributed by atoms with van der Waals surface area (Å²) >= 11 is 0. The highest BCUT2D eigenvalue weighted by atomic mass is 16.5. The van der Waals surface area contributed by atoms with Gasteiger partial charge in [0.15, 0.2) is 0 Å². The number of nitrogens with one attached hydrogen (secondary N) is 1. The maximum atomic E-state index is 11.6. The number of hydrogen-bond donors (Lipinski definition) is 1. The maximum Gasteiger partial charge on any atom is 0.225 e. The summed E-state index contributed by atoms with van der Waals surface area (Å²) in [7, 11) is 1.67. The van der Waals surface area contributed by atoms with Gasteiger partial charge < -0.3 is 24.4 Å². The number of fused-ring (bicyclic) bond motifs is 2. The van der Waals surface area contributed by atoms with Gasteiger partial charge in [-0.1, -0.05) is 12.1 Å². The van der Waals surface area contributed by atoms with E-state index < -0.39 is 0 Å². The zero-order chi connectivity index (χ0) is 25.5. The summed E-state index contributed by atoms with van der Waals surface area (Å²) in [6.45, 7) is 6.68. The molecule has 2 aromatic heterocycles. The number of hydrogen-bond acceptors (Lipinski definition) is 8. The first-order chi connectivity index (χ1) is 18.2. The molecule has 37 heavy (non-hydrogen) atoms. The number of amides is 1. The van der Waals surface area contributed by atoms with Crippen LogP contribution in [0.4, 0.5) is 11.5 Å². The molecule has 0 unspecified atom stereocenters. The third-order valence-electron chi connectivity index (χ3n) is 6.87. The van der Waals surface area contributed by atoms with Crippen molar-refractivity contribution in [3.8, 4) is 11.8 Å². The van der Waals surface area contributed by atoms with E-state index in [4.69, 9.17) is 19.2 Å². The minimum absolute atomic E-state index is 0.0191. The van der Waals surface area contributed by atoms with E-state index in [1.165, 1.54) is 0 Å². The quantitative estimate of drug-likeness (QED) is 0.396. The number of pyridine rings is 2. The van der Waals surface area contributed by atoms with Gasteiger partial charge in [-0.3, -0.25) is 9.69 Å². The van der Waals surface area contributed by atoms with Gasteiger partial charge in [-0.25, -0.2) is 4.98 Å². The first-order valence-electron chi connectivity index (χ1n) is 13.1. The van der Waals surface area contributed by atoms with E-state index in [1.54, 1.807) is 7.11 Å². The molecular formula is C28H35N5O4. The Balaban J connectivity index is 1.06. The van der Waals surface area contributed by atoms with Gasteiger partial charge in [0, 0.05) is 57.2 Å². The monoisotopic (exact) mass is 505 g/mol. The van der Waals surface area contributed by atoms with Gasteiger partial charge in [-0.15, -0.1) is 0 Å². The van der Waals surface area contributed by atoms with Gasteiger partial charge in [-0.2, -0.15) is 4.98 Å². The lowest BCUT2D eigenvalue weighted by Crippen LogP contribution is -2.46. The fourth-order valence-electron chi connectivity index (χ4n) is 4.81. The van der Waals surface area contributed by atoms with Gasteiger partial charge in [-0.05, 0) is 49.6 Å². The third kappa shape index (κ3) is 6.47. The number of aryl methyl sites for hydroxylation is 1. The van der Waals surface area contributed by atoms with Crippen LogP contribution in [0.5, 0.6) is 11.8 Å². The Morgan fingerprint density at radius 1 is 0.865 bits per heavy atom. The highest BCUT2D eigenvalue weighted by Gasteiger charge is 2.20. The topological polar surface area (TPSA) is 89.0 Å². The van der Waals surface area contributed by atoms with Crippen molar-refractivity contribution in [2.24, 2.45) is 0 Å². The van der Waals surface area contributed by atoms with E-state index >= 15 is 0 Å². The Morgan fingerprint density at radius 3 is 2.54 bits per heavy atom. The Labute approximate surface area is 217 Å². The van der Waals surface area contributed by atoms with Gasteiger partial charge >= 0.3 is 0 Å². The lowest BCUT2D eigenvalue weighted by molar-refractivity contribution is -0.116. The molecule has 0 aliphatic carbocycles.